The van der Waals surface area contributed by atoms with Crippen LogP contribution in [-0.2, 0) is 0 Å². The zero-order valence-electron chi connectivity index (χ0n) is 27.8. The van der Waals surface area contributed by atoms with Gasteiger partial charge in [0.2, 0.25) is 0 Å². The Bertz CT molecular complexity index is 2850. The number of rotatable bonds is 6. The molecule has 0 aliphatic heterocycles. The van der Waals surface area contributed by atoms with Gasteiger partial charge in [-0.2, -0.15) is 0 Å². The quantitative estimate of drug-likeness (QED) is 0.171. The van der Waals surface area contributed by atoms with Crippen molar-refractivity contribution in [1.82, 2.24) is 4.57 Å². The van der Waals surface area contributed by atoms with Crippen molar-refractivity contribution in [2.75, 3.05) is 4.90 Å². The molecule has 0 radical (unpaired) electrons. The van der Waals surface area contributed by atoms with E-state index in [1.165, 1.54) is 69.9 Å². The van der Waals surface area contributed by atoms with Gasteiger partial charge < -0.3 is 9.47 Å². The second-order valence-corrected chi connectivity index (χ2v) is 14.0. The first-order valence-corrected chi connectivity index (χ1v) is 18.2. The summed E-state index contributed by atoms with van der Waals surface area (Å²) in [5.41, 5.74) is 11.7. The first-order chi connectivity index (χ1) is 25.3. The van der Waals surface area contributed by atoms with E-state index in [1.54, 1.807) is 0 Å². The Kier molecular flexibility index (Phi) is 7.04. The molecule has 2 heterocycles. The van der Waals surface area contributed by atoms with Crippen molar-refractivity contribution < 1.29 is 0 Å². The van der Waals surface area contributed by atoms with Gasteiger partial charge in [0.05, 0.1) is 16.7 Å². The molecule has 8 aromatic carbocycles. The lowest BCUT2D eigenvalue weighted by atomic mass is 10.0. The monoisotopic (exact) mass is 668 g/mol. The van der Waals surface area contributed by atoms with E-state index in [-0.39, 0.29) is 0 Å². The van der Waals surface area contributed by atoms with Gasteiger partial charge in [-0.15, -0.1) is 11.3 Å². The maximum Gasteiger partial charge on any atom is 0.0547 e. The maximum atomic E-state index is 2.41. The molecule has 0 bridgehead atoms. The molecule has 10 aromatic rings. The highest BCUT2D eigenvalue weighted by molar-refractivity contribution is 7.25. The number of fused-ring (bicyclic) bond motifs is 6. The van der Waals surface area contributed by atoms with Crippen molar-refractivity contribution in [2.24, 2.45) is 0 Å². The molecule has 0 atom stereocenters. The van der Waals surface area contributed by atoms with Crippen molar-refractivity contribution in [3.05, 3.63) is 194 Å². The van der Waals surface area contributed by atoms with E-state index in [1.807, 2.05) is 11.3 Å². The van der Waals surface area contributed by atoms with Gasteiger partial charge in [0.15, 0.2) is 0 Å². The molecule has 10 rings (SSSR count). The van der Waals surface area contributed by atoms with Gasteiger partial charge in [-0.25, -0.2) is 0 Å². The first-order valence-electron chi connectivity index (χ1n) is 17.4. The van der Waals surface area contributed by atoms with Gasteiger partial charge in [-0.05, 0) is 83.4 Å². The molecular formula is C48H32N2S. The minimum absolute atomic E-state index is 1.11. The highest BCUT2D eigenvalue weighted by atomic mass is 32.1. The van der Waals surface area contributed by atoms with Crippen molar-refractivity contribution in [3.8, 4) is 27.9 Å². The summed E-state index contributed by atoms with van der Waals surface area (Å²) < 4.78 is 5.00. The molecule has 0 unspecified atom stereocenters. The molecule has 0 saturated heterocycles. The number of nitrogens with zero attached hydrogens (tertiary/aromatic N) is 2. The van der Waals surface area contributed by atoms with Gasteiger partial charge in [-0.3, -0.25) is 0 Å². The highest BCUT2D eigenvalue weighted by Gasteiger charge is 2.19. The van der Waals surface area contributed by atoms with Crippen LogP contribution in [0.4, 0.5) is 17.1 Å². The summed E-state index contributed by atoms with van der Waals surface area (Å²) in [6.07, 6.45) is 0. The van der Waals surface area contributed by atoms with Crippen LogP contribution in [0.25, 0.3) is 69.9 Å². The molecule has 0 amide bonds. The molecular weight excluding hydrogens is 637 g/mol. The number of hydrogen-bond acceptors (Lipinski definition) is 2. The molecule has 3 heteroatoms. The van der Waals surface area contributed by atoms with E-state index in [2.05, 4.69) is 204 Å². The van der Waals surface area contributed by atoms with Crippen LogP contribution in [0.2, 0.25) is 0 Å². The second kappa shape index (κ2) is 12.2. The van der Waals surface area contributed by atoms with Crippen molar-refractivity contribution in [1.29, 1.82) is 0 Å². The Morgan fingerprint density at radius 2 is 1.00 bits per heavy atom. The predicted molar refractivity (Wildman–Crippen MR) is 219 cm³/mol. The van der Waals surface area contributed by atoms with Crippen LogP contribution < -0.4 is 4.90 Å². The topological polar surface area (TPSA) is 8.17 Å². The molecule has 0 fully saturated rings. The van der Waals surface area contributed by atoms with Crippen LogP contribution >= 0.6 is 11.3 Å². The number of aromatic nitrogens is 1. The summed E-state index contributed by atoms with van der Waals surface area (Å²) in [5.74, 6) is 0. The molecule has 51 heavy (non-hydrogen) atoms. The standard InChI is InChI=1S/C48H32N2S/c1-3-13-34(14-4-1)39-17-7-10-20-44(39)49(38-28-30-48-43(32-38)42-19-9-12-22-47(42)51-48)37-26-23-33(24-27-37)35-25-29-41-40-18-8-11-21-45(40)50(46(41)31-35)36-15-5-2-6-16-36/h1-32H. The van der Waals surface area contributed by atoms with Gasteiger partial charge in [0.1, 0.15) is 0 Å². The average molecular weight is 669 g/mol. The average Bonchev–Trinajstić information content (AvgIpc) is 3.74. The molecule has 2 nitrogen and oxygen atoms in total. The van der Waals surface area contributed by atoms with Crippen LogP contribution in [0.1, 0.15) is 0 Å². The number of para-hydroxylation sites is 3. The zero-order chi connectivity index (χ0) is 33.7. The maximum absolute atomic E-state index is 2.41. The SMILES string of the molecule is c1ccc(-c2ccccc2N(c2ccc(-c3ccc4c5ccccc5n(-c5ccccc5)c4c3)cc2)c2ccc3sc4ccccc4c3c2)cc1. The zero-order valence-corrected chi connectivity index (χ0v) is 28.6. The van der Waals surface area contributed by atoms with Crippen molar-refractivity contribution in [3.63, 3.8) is 0 Å². The third-order valence-corrected chi connectivity index (χ3v) is 11.1. The van der Waals surface area contributed by atoms with Crippen LogP contribution in [0.5, 0.6) is 0 Å². The number of anilines is 3. The van der Waals surface area contributed by atoms with E-state index in [0.717, 1.165) is 17.1 Å². The predicted octanol–water partition coefficient (Wildman–Crippen LogP) is 14.0. The van der Waals surface area contributed by atoms with Gasteiger partial charge in [0.25, 0.3) is 0 Å². The minimum atomic E-state index is 1.11. The minimum Gasteiger partial charge on any atom is -0.310 e. The van der Waals surface area contributed by atoms with E-state index in [4.69, 9.17) is 0 Å². The van der Waals surface area contributed by atoms with E-state index < -0.39 is 0 Å². The summed E-state index contributed by atoms with van der Waals surface area (Å²) >= 11 is 1.85. The number of thiophene rings is 1. The number of hydrogen-bond donors (Lipinski definition) is 0. The third-order valence-electron chi connectivity index (χ3n) is 10.00. The lowest BCUT2D eigenvalue weighted by Gasteiger charge is -2.28. The summed E-state index contributed by atoms with van der Waals surface area (Å²) in [6.45, 7) is 0. The van der Waals surface area contributed by atoms with E-state index >= 15 is 0 Å². The Hall–Kier alpha value is -6.42. The molecule has 0 aliphatic carbocycles. The molecule has 240 valence electrons. The largest absolute Gasteiger partial charge is 0.310 e. The summed E-state index contributed by atoms with van der Waals surface area (Å²) in [7, 11) is 0. The van der Waals surface area contributed by atoms with Crippen molar-refractivity contribution in [2.45, 2.75) is 0 Å². The molecule has 0 saturated carbocycles. The Morgan fingerprint density at radius 1 is 0.373 bits per heavy atom. The third kappa shape index (κ3) is 5.01. The normalized spacial score (nSPS) is 11.5. The van der Waals surface area contributed by atoms with Crippen LogP contribution in [0.15, 0.2) is 194 Å². The molecule has 0 spiro atoms. The Morgan fingerprint density at radius 3 is 1.84 bits per heavy atom. The molecule has 0 N–H and O–H groups in total. The fourth-order valence-electron chi connectivity index (χ4n) is 7.62. The van der Waals surface area contributed by atoms with Gasteiger partial charge in [0, 0.05) is 53.6 Å². The van der Waals surface area contributed by atoms with Crippen LogP contribution in [0, 0.1) is 0 Å². The van der Waals surface area contributed by atoms with E-state index in [9.17, 15) is 0 Å². The Labute approximate surface area is 300 Å². The van der Waals surface area contributed by atoms with Crippen LogP contribution in [-0.4, -0.2) is 4.57 Å². The fourth-order valence-corrected chi connectivity index (χ4v) is 8.71. The van der Waals surface area contributed by atoms with Crippen LogP contribution in [0.3, 0.4) is 0 Å². The first kappa shape index (κ1) is 29.5. The fraction of sp³-hybridized carbons (Fsp3) is 0. The summed E-state index contributed by atoms with van der Waals surface area (Å²) in [6, 6.07) is 70.4. The van der Waals surface area contributed by atoms with Gasteiger partial charge >= 0.3 is 0 Å². The van der Waals surface area contributed by atoms with Gasteiger partial charge in [-0.1, -0.05) is 127 Å². The second-order valence-electron chi connectivity index (χ2n) is 13.0. The van der Waals surface area contributed by atoms with E-state index in [0.29, 0.717) is 0 Å². The summed E-state index contributed by atoms with van der Waals surface area (Å²) in [5, 5.41) is 5.11. The summed E-state index contributed by atoms with van der Waals surface area (Å²) in [4.78, 5) is 2.41. The van der Waals surface area contributed by atoms with Crippen molar-refractivity contribution >= 4 is 70.4 Å². The highest BCUT2D eigenvalue weighted by Crippen LogP contribution is 2.44. The number of benzene rings is 8. The molecule has 2 aromatic heterocycles. The Balaban J connectivity index is 1.13. The smallest absolute Gasteiger partial charge is 0.0547 e. The lowest BCUT2D eigenvalue weighted by Crippen LogP contribution is -2.11. The lowest BCUT2D eigenvalue weighted by molar-refractivity contribution is 1.18. The molecule has 0 aliphatic rings.